The highest BCUT2D eigenvalue weighted by Gasteiger charge is 2.27. The molecule has 2 rings (SSSR count). The normalized spacial score (nSPS) is 10.2. The van der Waals surface area contributed by atoms with E-state index >= 15 is 0 Å². The van der Waals surface area contributed by atoms with E-state index in [0.717, 1.165) is 18.2 Å². The Morgan fingerprint density at radius 1 is 1.05 bits per heavy atom. The van der Waals surface area contributed by atoms with Crippen LogP contribution in [0, 0.1) is 11.6 Å². The molecule has 0 saturated heterocycles. The molecule has 0 heterocycles. The van der Waals surface area contributed by atoms with E-state index in [9.17, 15) is 18.4 Å². The molecule has 0 unspecified atom stereocenters. The number of ether oxygens (including phenoxy) is 1. The number of thiol groups is 1. The largest absolute Gasteiger partial charge is 0.432 e. The maximum atomic E-state index is 13.5. The van der Waals surface area contributed by atoms with Gasteiger partial charge in [0.05, 0.1) is 0 Å². The predicted molar refractivity (Wildman–Crippen MR) is 79.0 cm³/mol. The first-order chi connectivity index (χ1) is 10.4. The van der Waals surface area contributed by atoms with Crippen LogP contribution in [0.2, 0.25) is 5.02 Å². The Kier molecular flexibility index (Phi) is 4.99. The SMILES string of the molecule is O=C(Oc1ccc(Cl)cc1)N(S)C(=O)c1c(F)cccc1F. The molecule has 0 saturated carbocycles. The number of imide groups is 1. The summed E-state index contributed by atoms with van der Waals surface area (Å²) in [6.45, 7) is 0. The lowest BCUT2D eigenvalue weighted by molar-refractivity contribution is 0.0861. The van der Waals surface area contributed by atoms with Gasteiger partial charge in [-0.3, -0.25) is 4.79 Å². The Hall–Kier alpha value is -2.12. The average Bonchev–Trinajstić information content (AvgIpc) is 2.48. The molecular formula is C14H8ClF2NO3S. The minimum Gasteiger partial charge on any atom is -0.409 e. The zero-order chi connectivity index (χ0) is 16.3. The summed E-state index contributed by atoms with van der Waals surface area (Å²) in [5.41, 5.74) is -0.898. The van der Waals surface area contributed by atoms with E-state index in [1.807, 2.05) is 0 Å². The van der Waals surface area contributed by atoms with Gasteiger partial charge >= 0.3 is 6.09 Å². The van der Waals surface area contributed by atoms with Gasteiger partial charge < -0.3 is 4.74 Å². The van der Waals surface area contributed by atoms with E-state index in [1.54, 1.807) is 0 Å². The molecule has 0 spiro atoms. The Bertz CT molecular complexity index is 704. The molecule has 0 fully saturated rings. The smallest absolute Gasteiger partial charge is 0.409 e. The Balaban J connectivity index is 2.16. The summed E-state index contributed by atoms with van der Waals surface area (Å²) in [6.07, 6.45) is -1.21. The lowest BCUT2D eigenvalue weighted by Gasteiger charge is -2.14. The first-order valence-electron chi connectivity index (χ1n) is 5.85. The number of amides is 2. The standard InChI is InChI=1S/C14H8ClF2NO3S/c15-8-4-6-9(7-5-8)21-14(20)18(22)13(19)12-10(16)2-1-3-11(12)17/h1-7,22H. The van der Waals surface area contributed by atoms with Crippen molar-refractivity contribution in [1.29, 1.82) is 0 Å². The van der Waals surface area contributed by atoms with Crippen LogP contribution in [0.1, 0.15) is 10.4 Å². The molecule has 4 nitrogen and oxygen atoms in total. The van der Waals surface area contributed by atoms with Gasteiger partial charge in [-0.25, -0.2) is 13.6 Å². The van der Waals surface area contributed by atoms with Crippen molar-refractivity contribution in [3.05, 3.63) is 64.7 Å². The first-order valence-corrected chi connectivity index (χ1v) is 6.62. The predicted octanol–water partition coefficient (Wildman–Crippen LogP) is 4.10. The lowest BCUT2D eigenvalue weighted by atomic mass is 10.2. The summed E-state index contributed by atoms with van der Waals surface area (Å²) in [6, 6.07) is 8.57. The van der Waals surface area contributed by atoms with Gasteiger partial charge in [0.15, 0.2) is 0 Å². The molecule has 8 heteroatoms. The number of halogens is 3. The van der Waals surface area contributed by atoms with Crippen molar-refractivity contribution in [2.75, 3.05) is 0 Å². The fourth-order valence-electron chi connectivity index (χ4n) is 1.54. The summed E-state index contributed by atoms with van der Waals surface area (Å²) in [7, 11) is 0. The highest BCUT2D eigenvalue weighted by atomic mass is 35.5. The first kappa shape index (κ1) is 16.3. The molecule has 2 aromatic rings. The summed E-state index contributed by atoms with van der Waals surface area (Å²) in [5, 5.41) is 0.423. The number of benzene rings is 2. The highest BCUT2D eigenvalue weighted by Crippen LogP contribution is 2.19. The van der Waals surface area contributed by atoms with Gasteiger partial charge in [0.2, 0.25) is 0 Å². The Morgan fingerprint density at radius 2 is 1.59 bits per heavy atom. The maximum Gasteiger partial charge on any atom is 0.432 e. The number of rotatable bonds is 2. The number of carbonyl (C=O) groups is 2. The zero-order valence-corrected chi connectivity index (χ0v) is 12.4. The lowest BCUT2D eigenvalue weighted by Crippen LogP contribution is -2.32. The van der Waals surface area contributed by atoms with Crippen molar-refractivity contribution in [3.8, 4) is 5.75 Å². The topological polar surface area (TPSA) is 46.6 Å². The molecule has 2 amide bonds. The van der Waals surface area contributed by atoms with Gasteiger partial charge in [-0.15, -0.1) is 0 Å². The molecule has 0 N–H and O–H groups in total. The molecule has 0 aliphatic rings. The molecule has 0 aliphatic carbocycles. The summed E-state index contributed by atoms with van der Waals surface area (Å²) >= 11 is 9.30. The molecule has 22 heavy (non-hydrogen) atoms. The number of carbonyl (C=O) groups excluding carboxylic acids is 2. The van der Waals surface area contributed by atoms with E-state index in [-0.39, 0.29) is 10.1 Å². The molecule has 0 radical (unpaired) electrons. The molecular weight excluding hydrogens is 336 g/mol. The fraction of sp³-hybridized carbons (Fsp3) is 0. The monoisotopic (exact) mass is 343 g/mol. The fourth-order valence-corrected chi connectivity index (χ4v) is 1.80. The van der Waals surface area contributed by atoms with Crippen LogP contribution in [0.4, 0.5) is 13.6 Å². The second-order valence-corrected chi connectivity index (χ2v) is 4.87. The molecule has 0 aromatic heterocycles. The third-order valence-electron chi connectivity index (χ3n) is 2.56. The Labute approximate surface area is 134 Å². The molecule has 0 atom stereocenters. The molecule has 0 aliphatic heterocycles. The van der Waals surface area contributed by atoms with Gasteiger partial charge in [-0.05, 0) is 36.4 Å². The van der Waals surface area contributed by atoms with E-state index in [0.29, 0.717) is 5.02 Å². The second kappa shape index (κ2) is 6.76. The van der Waals surface area contributed by atoms with E-state index in [2.05, 4.69) is 12.8 Å². The molecule has 0 bridgehead atoms. The number of hydrogen-bond donors (Lipinski definition) is 1. The highest BCUT2D eigenvalue weighted by molar-refractivity contribution is 7.79. The third kappa shape index (κ3) is 3.55. The summed E-state index contributed by atoms with van der Waals surface area (Å²) in [5.74, 6) is -3.40. The zero-order valence-electron chi connectivity index (χ0n) is 10.8. The van der Waals surface area contributed by atoms with Crippen molar-refractivity contribution in [3.63, 3.8) is 0 Å². The van der Waals surface area contributed by atoms with Crippen LogP contribution in [0.15, 0.2) is 42.5 Å². The average molecular weight is 344 g/mol. The van der Waals surface area contributed by atoms with Crippen LogP contribution in [0.25, 0.3) is 0 Å². The van der Waals surface area contributed by atoms with E-state index in [1.165, 1.54) is 24.3 Å². The van der Waals surface area contributed by atoms with Crippen LogP contribution in [0.3, 0.4) is 0 Å². The van der Waals surface area contributed by atoms with Gasteiger partial charge in [0, 0.05) is 5.02 Å². The van der Waals surface area contributed by atoms with Crippen LogP contribution in [-0.2, 0) is 0 Å². The Morgan fingerprint density at radius 3 is 2.14 bits per heavy atom. The quantitative estimate of drug-likeness (QED) is 0.835. The van der Waals surface area contributed by atoms with Gasteiger partial charge in [0.25, 0.3) is 5.91 Å². The summed E-state index contributed by atoms with van der Waals surface area (Å²) in [4.78, 5) is 23.7. The van der Waals surface area contributed by atoms with Crippen molar-refractivity contribution in [2.45, 2.75) is 0 Å². The number of nitrogens with zero attached hydrogens (tertiary/aromatic N) is 1. The van der Waals surface area contributed by atoms with Gasteiger partial charge in [-0.1, -0.05) is 30.5 Å². The maximum absolute atomic E-state index is 13.5. The van der Waals surface area contributed by atoms with Crippen LogP contribution in [-0.4, -0.2) is 16.3 Å². The number of hydrogen-bond acceptors (Lipinski definition) is 4. The van der Waals surface area contributed by atoms with E-state index < -0.39 is 29.2 Å². The minimum absolute atomic E-state index is 0.0928. The molecule has 114 valence electrons. The van der Waals surface area contributed by atoms with Gasteiger partial charge in [-0.2, -0.15) is 4.31 Å². The van der Waals surface area contributed by atoms with Gasteiger partial charge in [0.1, 0.15) is 22.9 Å². The second-order valence-electron chi connectivity index (χ2n) is 4.04. The van der Waals surface area contributed by atoms with Crippen molar-refractivity contribution < 1.29 is 23.1 Å². The van der Waals surface area contributed by atoms with Crippen molar-refractivity contribution in [2.24, 2.45) is 0 Å². The van der Waals surface area contributed by atoms with E-state index in [4.69, 9.17) is 16.3 Å². The van der Waals surface area contributed by atoms with Crippen molar-refractivity contribution >= 4 is 36.4 Å². The van der Waals surface area contributed by atoms with Crippen LogP contribution >= 0.6 is 24.4 Å². The molecule has 2 aromatic carbocycles. The van der Waals surface area contributed by atoms with Crippen LogP contribution < -0.4 is 4.74 Å². The van der Waals surface area contributed by atoms with Crippen molar-refractivity contribution in [1.82, 2.24) is 4.31 Å². The minimum atomic E-state index is -1.28. The third-order valence-corrected chi connectivity index (χ3v) is 3.16. The van der Waals surface area contributed by atoms with Crippen LogP contribution in [0.5, 0.6) is 5.75 Å². The summed E-state index contributed by atoms with van der Waals surface area (Å²) < 4.78 is 32.0.